The van der Waals surface area contributed by atoms with E-state index in [1.165, 1.54) is 18.4 Å². The number of ether oxygens (including phenoxy) is 1. The molecule has 0 bridgehead atoms. The maximum atomic E-state index is 12.5. The fraction of sp³-hybridized carbons (Fsp3) is 0.200. The first kappa shape index (κ1) is 14.9. The van der Waals surface area contributed by atoms with Crippen molar-refractivity contribution in [2.24, 2.45) is 0 Å². The molecule has 0 atom stereocenters. The molecule has 2 rings (SSSR count). The summed E-state index contributed by atoms with van der Waals surface area (Å²) >= 11 is 4.70. The van der Waals surface area contributed by atoms with E-state index in [2.05, 4.69) is 20.7 Å². The molecule has 2 aromatic rings. The van der Waals surface area contributed by atoms with Crippen LogP contribution < -0.4 is 0 Å². The number of hydrogen-bond acceptors (Lipinski definition) is 4. The Morgan fingerprint density at radius 3 is 2.70 bits per heavy atom. The highest BCUT2D eigenvalue weighted by atomic mass is 79.9. The molecule has 3 nitrogen and oxygen atoms in total. The summed E-state index contributed by atoms with van der Waals surface area (Å²) in [6.45, 7) is 1.91. The first-order valence-electron chi connectivity index (χ1n) is 5.97. The van der Waals surface area contributed by atoms with Crippen molar-refractivity contribution in [1.82, 2.24) is 0 Å². The van der Waals surface area contributed by atoms with Gasteiger partial charge in [-0.1, -0.05) is 22.0 Å². The fourth-order valence-electron chi connectivity index (χ4n) is 1.78. The van der Waals surface area contributed by atoms with Crippen LogP contribution in [-0.2, 0) is 16.0 Å². The van der Waals surface area contributed by atoms with Crippen LogP contribution in [0.5, 0.6) is 0 Å². The van der Waals surface area contributed by atoms with E-state index in [1.807, 2.05) is 25.1 Å². The molecule has 5 heteroatoms. The number of halogens is 1. The van der Waals surface area contributed by atoms with Crippen molar-refractivity contribution >= 4 is 39.0 Å². The molecule has 0 unspecified atom stereocenters. The van der Waals surface area contributed by atoms with Gasteiger partial charge < -0.3 is 4.74 Å². The van der Waals surface area contributed by atoms with Gasteiger partial charge in [-0.3, -0.25) is 9.59 Å². The summed E-state index contributed by atoms with van der Waals surface area (Å²) in [6.07, 6.45) is 0.200. The summed E-state index contributed by atoms with van der Waals surface area (Å²) in [5.41, 5.74) is 1.60. The van der Waals surface area contributed by atoms with Crippen LogP contribution in [0.4, 0.5) is 0 Å². The lowest BCUT2D eigenvalue weighted by Crippen LogP contribution is -2.03. The molecule has 0 radical (unpaired) electrons. The number of benzene rings is 1. The van der Waals surface area contributed by atoms with E-state index in [-0.39, 0.29) is 18.2 Å². The highest BCUT2D eigenvalue weighted by molar-refractivity contribution is 9.10. The van der Waals surface area contributed by atoms with E-state index in [0.717, 1.165) is 14.9 Å². The van der Waals surface area contributed by atoms with Crippen LogP contribution in [0.15, 0.2) is 34.8 Å². The first-order valence-corrected chi connectivity index (χ1v) is 7.58. The predicted molar refractivity (Wildman–Crippen MR) is 82.4 cm³/mol. The van der Waals surface area contributed by atoms with Crippen molar-refractivity contribution in [2.75, 3.05) is 7.11 Å². The van der Waals surface area contributed by atoms with Crippen molar-refractivity contribution in [3.05, 3.63) is 55.7 Å². The van der Waals surface area contributed by atoms with E-state index in [1.54, 1.807) is 12.1 Å². The summed E-state index contributed by atoms with van der Waals surface area (Å²) in [7, 11) is 1.35. The minimum atomic E-state index is -0.301. The maximum Gasteiger partial charge on any atom is 0.310 e. The monoisotopic (exact) mass is 352 g/mol. The molecular weight excluding hydrogens is 340 g/mol. The van der Waals surface area contributed by atoms with Crippen molar-refractivity contribution in [3.8, 4) is 0 Å². The predicted octanol–water partition coefficient (Wildman–Crippen LogP) is 3.77. The van der Waals surface area contributed by atoms with Gasteiger partial charge in [0.1, 0.15) is 0 Å². The number of thiophene rings is 1. The number of ketones is 1. The molecule has 1 heterocycles. The Labute approximate surface area is 129 Å². The van der Waals surface area contributed by atoms with Gasteiger partial charge in [-0.2, -0.15) is 0 Å². The highest BCUT2D eigenvalue weighted by Crippen LogP contribution is 2.24. The number of aryl methyl sites for hydroxylation is 1. The molecule has 1 aromatic carbocycles. The molecular formula is C15H13BrO3S. The molecule has 1 aromatic heterocycles. The summed E-state index contributed by atoms with van der Waals surface area (Å²) in [5, 5.41) is 0. The number of hydrogen-bond donors (Lipinski definition) is 0. The van der Waals surface area contributed by atoms with Crippen molar-refractivity contribution < 1.29 is 14.3 Å². The Morgan fingerprint density at radius 2 is 2.00 bits per heavy atom. The van der Waals surface area contributed by atoms with E-state index in [0.29, 0.717) is 10.4 Å². The average molecular weight is 353 g/mol. The number of carbonyl (C=O) groups excluding carboxylic acids is 2. The second-order valence-electron chi connectivity index (χ2n) is 4.31. The Kier molecular flexibility index (Phi) is 4.73. The van der Waals surface area contributed by atoms with Gasteiger partial charge in [0.25, 0.3) is 0 Å². The van der Waals surface area contributed by atoms with Crippen LogP contribution in [0.25, 0.3) is 0 Å². The summed E-state index contributed by atoms with van der Waals surface area (Å²) in [6, 6.07) is 9.18. The third kappa shape index (κ3) is 3.35. The largest absolute Gasteiger partial charge is 0.469 e. The normalized spacial score (nSPS) is 10.3. The van der Waals surface area contributed by atoms with Gasteiger partial charge in [0.2, 0.25) is 5.78 Å². The van der Waals surface area contributed by atoms with Gasteiger partial charge in [-0.25, -0.2) is 0 Å². The Morgan fingerprint density at radius 1 is 1.25 bits per heavy atom. The Balaban J connectivity index is 2.25. The average Bonchev–Trinajstić information content (AvgIpc) is 2.89. The molecule has 0 amide bonds. The quantitative estimate of drug-likeness (QED) is 0.621. The number of methoxy groups -OCH3 is 1. The molecule has 0 saturated carbocycles. The minimum absolute atomic E-state index is 0.0232. The minimum Gasteiger partial charge on any atom is -0.469 e. The van der Waals surface area contributed by atoms with E-state index in [9.17, 15) is 9.59 Å². The van der Waals surface area contributed by atoms with E-state index < -0.39 is 0 Å². The van der Waals surface area contributed by atoms with Crippen molar-refractivity contribution in [1.29, 1.82) is 0 Å². The lowest BCUT2D eigenvalue weighted by Gasteiger charge is -2.03. The zero-order valence-corrected chi connectivity index (χ0v) is 13.5. The molecule has 0 N–H and O–H groups in total. The SMILES string of the molecule is COC(=O)Cc1ccc(C(=O)c2cc(Br)ccc2C)s1. The first-order chi connectivity index (χ1) is 9.51. The highest BCUT2D eigenvalue weighted by Gasteiger charge is 2.15. The Hall–Kier alpha value is -1.46. The van der Waals surface area contributed by atoms with Gasteiger partial charge >= 0.3 is 5.97 Å². The maximum absolute atomic E-state index is 12.5. The van der Waals surface area contributed by atoms with Crippen molar-refractivity contribution in [3.63, 3.8) is 0 Å². The molecule has 0 aliphatic heterocycles. The van der Waals surface area contributed by atoms with Gasteiger partial charge in [0, 0.05) is 14.9 Å². The number of rotatable bonds is 4. The smallest absolute Gasteiger partial charge is 0.310 e. The zero-order chi connectivity index (χ0) is 14.7. The third-order valence-electron chi connectivity index (χ3n) is 2.88. The number of carbonyl (C=O) groups is 2. The Bertz CT molecular complexity index is 661. The summed E-state index contributed by atoms with van der Waals surface area (Å²) in [5.74, 6) is -0.325. The fourth-order valence-corrected chi connectivity index (χ4v) is 3.09. The van der Waals surface area contributed by atoms with E-state index in [4.69, 9.17) is 0 Å². The van der Waals surface area contributed by atoms with Gasteiger partial charge in [-0.15, -0.1) is 11.3 Å². The van der Waals surface area contributed by atoms with Crippen LogP contribution in [0, 0.1) is 6.92 Å². The van der Waals surface area contributed by atoms with Gasteiger partial charge in [0.15, 0.2) is 0 Å². The molecule has 0 aliphatic carbocycles. The van der Waals surface area contributed by atoms with Crippen LogP contribution in [0.2, 0.25) is 0 Å². The van der Waals surface area contributed by atoms with Crippen LogP contribution in [-0.4, -0.2) is 18.9 Å². The molecule has 20 heavy (non-hydrogen) atoms. The molecule has 0 aliphatic rings. The summed E-state index contributed by atoms with van der Waals surface area (Å²) in [4.78, 5) is 25.1. The van der Waals surface area contributed by atoms with Crippen LogP contribution in [0.3, 0.4) is 0 Å². The standard InChI is InChI=1S/C15H13BrO3S/c1-9-3-4-10(16)7-12(9)15(18)13-6-5-11(20-13)8-14(17)19-2/h3-7H,8H2,1-2H3. The third-order valence-corrected chi connectivity index (χ3v) is 4.45. The lowest BCUT2D eigenvalue weighted by molar-refractivity contribution is -0.139. The van der Waals surface area contributed by atoms with E-state index >= 15 is 0 Å². The second kappa shape index (κ2) is 6.33. The molecule has 104 valence electrons. The molecule has 0 spiro atoms. The lowest BCUT2D eigenvalue weighted by atomic mass is 10.0. The van der Waals surface area contributed by atoms with Crippen LogP contribution >= 0.6 is 27.3 Å². The van der Waals surface area contributed by atoms with Gasteiger partial charge in [-0.05, 0) is 36.8 Å². The second-order valence-corrected chi connectivity index (χ2v) is 6.39. The van der Waals surface area contributed by atoms with Crippen molar-refractivity contribution in [2.45, 2.75) is 13.3 Å². The van der Waals surface area contributed by atoms with Crippen LogP contribution in [0.1, 0.15) is 25.7 Å². The number of esters is 1. The topological polar surface area (TPSA) is 43.4 Å². The van der Waals surface area contributed by atoms with Gasteiger partial charge in [0.05, 0.1) is 18.4 Å². The summed E-state index contributed by atoms with van der Waals surface area (Å²) < 4.78 is 5.49. The molecule has 0 fully saturated rings. The zero-order valence-electron chi connectivity index (χ0n) is 11.1. The molecule has 0 saturated heterocycles.